The Bertz CT molecular complexity index is 2080. The predicted octanol–water partition coefficient (Wildman–Crippen LogP) is 4.55. The highest BCUT2D eigenvalue weighted by Crippen LogP contribution is 2.40. The third-order valence-corrected chi connectivity index (χ3v) is 10.4. The fraction of sp³-hybridized carbons (Fsp3) is 0.452. The summed E-state index contributed by atoms with van der Waals surface area (Å²) in [5, 5.41) is 20.0. The van der Waals surface area contributed by atoms with Crippen molar-refractivity contribution in [2.24, 2.45) is 23.0 Å². The van der Waals surface area contributed by atoms with Crippen molar-refractivity contribution >= 4 is 35.4 Å². The minimum absolute atomic E-state index is 0.0204. The van der Waals surface area contributed by atoms with Crippen LogP contribution < -0.4 is 11.1 Å². The number of hydrogen-bond acceptors (Lipinski definition) is 9. The van der Waals surface area contributed by atoms with Gasteiger partial charge in [-0.2, -0.15) is 13.2 Å². The molecule has 1 aliphatic carbocycles. The van der Waals surface area contributed by atoms with Crippen LogP contribution in [0.1, 0.15) is 70.3 Å². The average Bonchev–Trinajstić information content (AvgIpc) is 3.92. The molecule has 0 bridgehead atoms. The van der Waals surface area contributed by atoms with Gasteiger partial charge in [-0.1, -0.05) is 57.5 Å². The molecule has 2 heterocycles. The molecule has 0 unspecified atom stereocenters. The summed E-state index contributed by atoms with van der Waals surface area (Å²) in [7, 11) is 0. The standard InChI is InChI=1S/C40H48F2N6O6.C2HF3O2/c1-40(2,3)37(38-45-32(29-21-27(41)12-13-30(29)42)23-46(38)22-25-8-5-4-6-9-25)48(36(53)24-49)18-16-31(43)33(50)20-26-10-7-11-28(26)39(54)44-17-19-47-34(51)14-15-35(47)52;3-2(4,5)1(6)7/h4-6,8-9,12-15,21,23,26,28,31,37,49H,7,10-11,16-20,22,24,43H2,1-3H3,(H,44,54);(H,6,7)/t26-,28-,31-,37-;/m0./s1. The Morgan fingerprint density at radius 1 is 1.00 bits per heavy atom. The molecule has 5 rings (SSSR count). The van der Waals surface area contributed by atoms with Crippen molar-refractivity contribution in [3.05, 3.63) is 89.9 Å². The van der Waals surface area contributed by atoms with Gasteiger partial charge in [0.15, 0.2) is 0 Å². The summed E-state index contributed by atoms with van der Waals surface area (Å²) in [4.78, 5) is 79.9. The van der Waals surface area contributed by atoms with Crippen LogP contribution in [0.4, 0.5) is 22.0 Å². The summed E-state index contributed by atoms with van der Waals surface area (Å²) >= 11 is 0. The fourth-order valence-electron chi connectivity index (χ4n) is 7.41. The Morgan fingerprint density at radius 2 is 1.64 bits per heavy atom. The monoisotopic (exact) mass is 860 g/mol. The van der Waals surface area contributed by atoms with Crippen molar-refractivity contribution < 1.29 is 60.9 Å². The van der Waals surface area contributed by atoms with E-state index in [1.807, 2.05) is 51.1 Å². The minimum atomic E-state index is -5.08. The number of carboxylic acids is 1. The lowest BCUT2D eigenvalue weighted by Crippen LogP contribution is -2.46. The number of aliphatic hydroxyl groups is 1. The molecule has 4 amide bonds. The zero-order valence-corrected chi connectivity index (χ0v) is 33.8. The van der Waals surface area contributed by atoms with Crippen LogP contribution in [0.3, 0.4) is 0 Å². The molecule has 3 aromatic rings. The maximum Gasteiger partial charge on any atom is 0.490 e. The van der Waals surface area contributed by atoms with Crippen LogP contribution in [0.2, 0.25) is 0 Å². The van der Waals surface area contributed by atoms with Crippen molar-refractivity contribution in [2.45, 2.75) is 77.7 Å². The molecule has 0 saturated heterocycles. The number of aliphatic carboxylic acids is 1. The second-order valence-corrected chi connectivity index (χ2v) is 15.9. The lowest BCUT2D eigenvalue weighted by molar-refractivity contribution is -0.192. The Balaban J connectivity index is 0.00000107. The van der Waals surface area contributed by atoms with Gasteiger partial charge in [0, 0.05) is 62.4 Å². The number of imidazole rings is 1. The Labute approximate surface area is 348 Å². The van der Waals surface area contributed by atoms with Gasteiger partial charge in [0.25, 0.3) is 11.8 Å². The van der Waals surface area contributed by atoms with E-state index in [0.717, 1.165) is 35.1 Å². The molecule has 0 radical (unpaired) electrons. The number of carbonyl (C=O) groups is 6. The summed E-state index contributed by atoms with van der Waals surface area (Å²) in [5.74, 6) is -6.35. The van der Waals surface area contributed by atoms with Gasteiger partial charge in [-0.05, 0) is 54.4 Å². The van der Waals surface area contributed by atoms with E-state index >= 15 is 4.39 Å². The molecule has 5 N–H and O–H groups in total. The smallest absolute Gasteiger partial charge is 0.475 e. The fourth-order valence-corrected chi connectivity index (χ4v) is 7.41. The highest BCUT2D eigenvalue weighted by molar-refractivity contribution is 6.12. The largest absolute Gasteiger partial charge is 0.490 e. The topological polar surface area (TPSA) is 205 Å². The first-order chi connectivity index (χ1) is 28.6. The minimum Gasteiger partial charge on any atom is -0.475 e. The number of aliphatic hydroxyl groups excluding tert-OH is 1. The lowest BCUT2D eigenvalue weighted by Gasteiger charge is -2.40. The maximum absolute atomic E-state index is 15.0. The molecule has 1 aliphatic heterocycles. The summed E-state index contributed by atoms with van der Waals surface area (Å²) in [6.07, 6.45) is 1.01. The highest BCUT2D eigenvalue weighted by Gasteiger charge is 2.40. The van der Waals surface area contributed by atoms with E-state index in [0.29, 0.717) is 25.2 Å². The second kappa shape index (κ2) is 20.6. The van der Waals surface area contributed by atoms with Gasteiger partial charge >= 0.3 is 12.1 Å². The van der Waals surface area contributed by atoms with Gasteiger partial charge in [0.2, 0.25) is 11.8 Å². The normalized spacial score (nSPS) is 17.4. The average molecular weight is 861 g/mol. The highest BCUT2D eigenvalue weighted by atomic mass is 19.4. The number of hydrogen-bond donors (Lipinski definition) is 4. The van der Waals surface area contributed by atoms with Gasteiger partial charge in [-0.25, -0.2) is 18.6 Å². The molecule has 61 heavy (non-hydrogen) atoms. The number of nitrogens with two attached hydrogens (primary N) is 1. The summed E-state index contributed by atoms with van der Waals surface area (Å²) in [6.45, 7) is 5.29. The van der Waals surface area contributed by atoms with E-state index in [1.165, 1.54) is 17.1 Å². The first-order valence-electron chi connectivity index (χ1n) is 19.5. The van der Waals surface area contributed by atoms with Crippen LogP contribution in [-0.2, 0) is 35.3 Å². The maximum atomic E-state index is 15.0. The summed E-state index contributed by atoms with van der Waals surface area (Å²) in [6, 6.07) is 10.8. The molecule has 19 heteroatoms. The zero-order chi connectivity index (χ0) is 45.2. The Hall–Kier alpha value is -5.82. The van der Waals surface area contributed by atoms with Crippen molar-refractivity contribution in [1.29, 1.82) is 0 Å². The number of nitrogens with one attached hydrogen (secondary N) is 1. The molecular weight excluding hydrogens is 811 g/mol. The third-order valence-electron chi connectivity index (χ3n) is 10.4. The van der Waals surface area contributed by atoms with Gasteiger partial charge < -0.3 is 30.7 Å². The van der Waals surface area contributed by atoms with Crippen molar-refractivity contribution in [1.82, 2.24) is 24.7 Å². The molecule has 14 nitrogen and oxygen atoms in total. The molecule has 0 spiro atoms. The van der Waals surface area contributed by atoms with Crippen LogP contribution in [0.25, 0.3) is 11.3 Å². The van der Waals surface area contributed by atoms with Gasteiger partial charge in [0.05, 0.1) is 17.8 Å². The summed E-state index contributed by atoms with van der Waals surface area (Å²) in [5.41, 5.74) is 6.77. The van der Waals surface area contributed by atoms with Crippen LogP contribution >= 0.6 is 0 Å². The first-order valence-corrected chi connectivity index (χ1v) is 19.5. The van der Waals surface area contributed by atoms with Gasteiger partial charge in [-0.3, -0.25) is 28.9 Å². The number of rotatable bonds is 16. The number of ketones is 1. The van der Waals surface area contributed by atoms with Crippen molar-refractivity contribution in [3.8, 4) is 11.3 Å². The predicted molar refractivity (Wildman–Crippen MR) is 210 cm³/mol. The van der Waals surface area contributed by atoms with Crippen LogP contribution in [-0.4, -0.2) is 103 Å². The van der Waals surface area contributed by atoms with Gasteiger partial charge in [0.1, 0.15) is 29.8 Å². The molecule has 4 atom stereocenters. The van der Waals surface area contributed by atoms with Crippen molar-refractivity contribution in [3.63, 3.8) is 0 Å². The first kappa shape index (κ1) is 47.9. The van der Waals surface area contributed by atoms with Gasteiger partial charge in [-0.15, -0.1) is 0 Å². The number of imide groups is 1. The molecular formula is C42H49F5N6O8. The number of carbonyl (C=O) groups excluding carboxylic acids is 5. The van der Waals surface area contributed by atoms with E-state index in [1.54, 1.807) is 10.8 Å². The lowest BCUT2D eigenvalue weighted by atomic mass is 9.84. The van der Waals surface area contributed by atoms with Crippen LogP contribution in [0.5, 0.6) is 0 Å². The SMILES string of the molecule is CC(C)(C)[C@H](c1nc(-c2cc(F)ccc2F)cn1Cc1ccccc1)N(CC[C@H](N)C(=O)C[C@@H]1CCC[C@@H]1C(=O)NCCN1C(=O)C=CC1=O)C(=O)CO.O=C(O)C(F)(F)F. The molecule has 1 aromatic heterocycles. The molecule has 1 saturated carbocycles. The molecule has 1 fully saturated rings. The molecule has 2 aliphatic rings. The number of halogens is 5. The summed E-state index contributed by atoms with van der Waals surface area (Å²) < 4.78 is 62.9. The Morgan fingerprint density at radius 3 is 2.23 bits per heavy atom. The van der Waals surface area contributed by atoms with Crippen molar-refractivity contribution in [2.75, 3.05) is 26.2 Å². The zero-order valence-electron chi connectivity index (χ0n) is 33.8. The number of Topliss-reactive ketones (excluding diaryl/α,β-unsaturated/α-hetero) is 1. The number of carboxylic acid groups (broad SMARTS) is 1. The van der Waals surface area contributed by atoms with Crippen LogP contribution in [0.15, 0.2) is 66.9 Å². The number of aromatic nitrogens is 2. The molecule has 330 valence electrons. The van der Waals surface area contributed by atoms with E-state index in [4.69, 9.17) is 20.6 Å². The number of nitrogens with zero attached hydrogens (tertiary/aromatic N) is 4. The van der Waals surface area contributed by atoms with E-state index in [9.17, 15) is 46.6 Å². The van der Waals surface area contributed by atoms with E-state index in [2.05, 4.69) is 5.32 Å². The second-order valence-electron chi connectivity index (χ2n) is 15.9. The number of benzene rings is 2. The Kier molecular flexibility index (Phi) is 16.2. The number of alkyl halides is 3. The quantitative estimate of drug-likeness (QED) is 0.117. The van der Waals surface area contributed by atoms with E-state index < -0.39 is 71.5 Å². The van der Waals surface area contributed by atoms with Crippen LogP contribution in [0, 0.1) is 28.9 Å². The third kappa shape index (κ3) is 12.8. The van der Waals surface area contributed by atoms with E-state index in [-0.39, 0.29) is 61.3 Å². The number of amides is 4. The molecule has 2 aromatic carbocycles.